The van der Waals surface area contributed by atoms with Crippen molar-refractivity contribution in [2.24, 2.45) is 0 Å². The van der Waals surface area contributed by atoms with Crippen LogP contribution >= 0.6 is 0 Å². The summed E-state index contributed by atoms with van der Waals surface area (Å²) in [7, 11) is -3.32. The Kier molecular flexibility index (Phi) is 6.46. The second kappa shape index (κ2) is 8.60. The molecule has 0 amide bonds. The first-order valence-electron chi connectivity index (χ1n) is 8.96. The highest BCUT2D eigenvalue weighted by molar-refractivity contribution is 7.91. The van der Waals surface area contributed by atoms with Gasteiger partial charge in [-0.05, 0) is 19.1 Å². The largest absolute Gasteiger partial charge is 0.379 e. The van der Waals surface area contributed by atoms with Crippen molar-refractivity contribution in [1.82, 2.24) is 9.80 Å². The predicted molar refractivity (Wildman–Crippen MR) is 96.7 cm³/mol. The van der Waals surface area contributed by atoms with Crippen molar-refractivity contribution in [2.75, 3.05) is 64.9 Å². The summed E-state index contributed by atoms with van der Waals surface area (Å²) in [4.78, 5) is 5.00. The van der Waals surface area contributed by atoms with Gasteiger partial charge in [0, 0.05) is 38.8 Å². The van der Waals surface area contributed by atoms with E-state index in [9.17, 15) is 8.42 Å². The van der Waals surface area contributed by atoms with Crippen molar-refractivity contribution in [3.8, 4) is 0 Å². The molecule has 0 aromatic heterocycles. The smallest absolute Gasteiger partial charge is 0.179 e. The van der Waals surface area contributed by atoms with Gasteiger partial charge in [0.25, 0.3) is 0 Å². The first kappa shape index (κ1) is 18.8. The lowest BCUT2D eigenvalue weighted by Gasteiger charge is -2.38. The quantitative estimate of drug-likeness (QED) is 0.740. The summed E-state index contributed by atoms with van der Waals surface area (Å²) in [6, 6.07) is 7.14. The lowest BCUT2D eigenvalue weighted by molar-refractivity contribution is -0.00459. The van der Waals surface area contributed by atoms with E-state index in [1.54, 1.807) is 12.1 Å². The third-order valence-corrected chi connectivity index (χ3v) is 6.74. The topological polar surface area (TPSA) is 59.1 Å². The Morgan fingerprint density at radius 3 is 2.12 bits per heavy atom. The zero-order valence-corrected chi connectivity index (χ0v) is 15.7. The number of nitrogens with zero attached hydrogens (tertiary/aromatic N) is 2. The van der Waals surface area contributed by atoms with E-state index in [1.807, 2.05) is 19.1 Å². The summed E-state index contributed by atoms with van der Waals surface area (Å²) in [5, 5.41) is 0. The molecule has 2 heterocycles. The number of hydrogen-bond acceptors (Lipinski definition) is 6. The number of rotatable bonds is 6. The Hall–Kier alpha value is -0.990. The van der Waals surface area contributed by atoms with E-state index in [2.05, 4.69) is 9.80 Å². The molecule has 0 bridgehead atoms. The van der Waals surface area contributed by atoms with Crippen molar-refractivity contribution < 1.29 is 17.9 Å². The molecule has 1 aromatic rings. The Labute approximate surface area is 150 Å². The summed E-state index contributed by atoms with van der Waals surface area (Å²) < 4.78 is 36.7. The van der Waals surface area contributed by atoms with Gasteiger partial charge in [-0.2, -0.15) is 0 Å². The second-order valence-corrected chi connectivity index (χ2v) is 8.84. The van der Waals surface area contributed by atoms with Crippen LogP contribution < -0.4 is 0 Å². The molecule has 3 rings (SSSR count). The van der Waals surface area contributed by atoms with Crippen LogP contribution in [0.15, 0.2) is 29.2 Å². The summed E-state index contributed by atoms with van der Waals surface area (Å²) in [5.41, 5.74) is 1.07. The average Bonchev–Trinajstić information content (AvgIpc) is 2.63. The predicted octanol–water partition coefficient (Wildman–Crippen LogP) is 0.802. The zero-order valence-electron chi connectivity index (χ0n) is 14.9. The molecule has 0 radical (unpaired) electrons. The van der Waals surface area contributed by atoms with Crippen LogP contribution in [-0.2, 0) is 19.3 Å². The van der Waals surface area contributed by atoms with Crippen molar-refractivity contribution in [3.63, 3.8) is 0 Å². The molecule has 0 unspecified atom stereocenters. The standard InChI is InChI=1S/C18H28N2O4S/c1-16-2-4-18(5-3-16)25(21,22)15-17(20-8-12-24-13-9-20)14-19-6-10-23-11-7-19/h2-5,17H,6-15H2,1H3/t17-/m1/s1. The second-order valence-electron chi connectivity index (χ2n) is 6.81. The van der Waals surface area contributed by atoms with Crippen LogP contribution in [0.25, 0.3) is 0 Å². The van der Waals surface area contributed by atoms with Crippen molar-refractivity contribution in [3.05, 3.63) is 29.8 Å². The zero-order chi connectivity index (χ0) is 17.7. The molecule has 0 saturated carbocycles. The van der Waals surface area contributed by atoms with E-state index in [0.29, 0.717) is 18.1 Å². The van der Waals surface area contributed by atoms with Gasteiger partial charge in [0.15, 0.2) is 9.84 Å². The van der Waals surface area contributed by atoms with Crippen molar-refractivity contribution in [2.45, 2.75) is 17.9 Å². The van der Waals surface area contributed by atoms with Crippen LogP contribution in [0.2, 0.25) is 0 Å². The molecule has 2 aliphatic rings. The average molecular weight is 368 g/mol. The molecular formula is C18H28N2O4S. The van der Waals surface area contributed by atoms with E-state index in [-0.39, 0.29) is 11.8 Å². The molecule has 6 nitrogen and oxygen atoms in total. The lowest BCUT2D eigenvalue weighted by atomic mass is 10.2. The summed E-state index contributed by atoms with van der Waals surface area (Å²) >= 11 is 0. The molecule has 1 aromatic carbocycles. The number of benzene rings is 1. The molecule has 0 N–H and O–H groups in total. The number of morpholine rings is 2. The minimum Gasteiger partial charge on any atom is -0.379 e. The van der Waals surface area contributed by atoms with Crippen LogP contribution in [0, 0.1) is 6.92 Å². The third kappa shape index (κ3) is 5.24. The number of hydrogen-bond donors (Lipinski definition) is 0. The van der Waals surface area contributed by atoms with Gasteiger partial charge in [-0.15, -0.1) is 0 Å². The Balaban J connectivity index is 1.74. The SMILES string of the molecule is Cc1ccc(S(=O)(=O)C[C@@H](CN2CCOCC2)N2CCOCC2)cc1. The fraction of sp³-hybridized carbons (Fsp3) is 0.667. The number of aryl methyl sites for hydroxylation is 1. The van der Waals surface area contributed by atoms with Crippen LogP contribution in [0.3, 0.4) is 0 Å². The molecule has 25 heavy (non-hydrogen) atoms. The maximum atomic E-state index is 12.9. The van der Waals surface area contributed by atoms with Gasteiger partial charge in [-0.1, -0.05) is 17.7 Å². The fourth-order valence-electron chi connectivity index (χ4n) is 3.39. The van der Waals surface area contributed by atoms with E-state index in [0.717, 1.165) is 51.5 Å². The minimum atomic E-state index is -3.32. The lowest BCUT2D eigenvalue weighted by Crippen LogP contribution is -2.53. The Morgan fingerprint density at radius 2 is 1.52 bits per heavy atom. The number of sulfone groups is 1. The van der Waals surface area contributed by atoms with E-state index in [4.69, 9.17) is 9.47 Å². The van der Waals surface area contributed by atoms with Gasteiger partial charge in [-0.3, -0.25) is 9.80 Å². The molecule has 0 aliphatic carbocycles. The molecule has 7 heteroatoms. The minimum absolute atomic E-state index is 0.0201. The van der Waals surface area contributed by atoms with E-state index >= 15 is 0 Å². The highest BCUT2D eigenvalue weighted by Crippen LogP contribution is 2.17. The van der Waals surface area contributed by atoms with Gasteiger partial charge >= 0.3 is 0 Å². The molecule has 0 spiro atoms. The van der Waals surface area contributed by atoms with Crippen LogP contribution in [-0.4, -0.2) is 89.2 Å². The van der Waals surface area contributed by atoms with Crippen LogP contribution in [0.5, 0.6) is 0 Å². The van der Waals surface area contributed by atoms with Gasteiger partial charge in [0.2, 0.25) is 0 Å². The molecule has 1 atom stereocenters. The Morgan fingerprint density at radius 1 is 0.960 bits per heavy atom. The summed E-state index contributed by atoms with van der Waals surface area (Å²) in [5.74, 6) is 0.146. The normalized spacial score (nSPS) is 22.0. The van der Waals surface area contributed by atoms with Gasteiger partial charge in [0.1, 0.15) is 0 Å². The summed E-state index contributed by atoms with van der Waals surface area (Å²) in [6.45, 7) is 8.82. The summed E-state index contributed by atoms with van der Waals surface area (Å²) in [6.07, 6.45) is 0. The highest BCUT2D eigenvalue weighted by Gasteiger charge is 2.29. The van der Waals surface area contributed by atoms with E-state index < -0.39 is 9.84 Å². The van der Waals surface area contributed by atoms with Gasteiger partial charge in [-0.25, -0.2) is 8.42 Å². The van der Waals surface area contributed by atoms with E-state index in [1.165, 1.54) is 0 Å². The third-order valence-electron chi connectivity index (χ3n) is 4.93. The maximum Gasteiger partial charge on any atom is 0.179 e. The molecule has 2 fully saturated rings. The fourth-order valence-corrected chi connectivity index (χ4v) is 4.96. The molecule has 2 aliphatic heterocycles. The van der Waals surface area contributed by atoms with Gasteiger partial charge in [0.05, 0.1) is 37.1 Å². The van der Waals surface area contributed by atoms with Crippen LogP contribution in [0.1, 0.15) is 5.56 Å². The van der Waals surface area contributed by atoms with Crippen LogP contribution in [0.4, 0.5) is 0 Å². The molecule has 2 saturated heterocycles. The van der Waals surface area contributed by atoms with Crippen molar-refractivity contribution in [1.29, 1.82) is 0 Å². The van der Waals surface area contributed by atoms with Gasteiger partial charge < -0.3 is 9.47 Å². The molecular weight excluding hydrogens is 340 g/mol. The highest BCUT2D eigenvalue weighted by atomic mass is 32.2. The number of ether oxygens (including phenoxy) is 2. The molecule has 140 valence electrons. The monoisotopic (exact) mass is 368 g/mol. The first-order chi connectivity index (χ1) is 12.0. The maximum absolute atomic E-state index is 12.9. The Bertz CT molecular complexity index is 636. The van der Waals surface area contributed by atoms with Crippen molar-refractivity contribution >= 4 is 9.84 Å². The first-order valence-corrected chi connectivity index (χ1v) is 10.6.